The molecule has 0 spiro atoms. The summed E-state index contributed by atoms with van der Waals surface area (Å²) >= 11 is 5.74. The van der Waals surface area contributed by atoms with Crippen LogP contribution in [0.25, 0.3) is 0 Å². The van der Waals surface area contributed by atoms with Crippen molar-refractivity contribution in [2.75, 3.05) is 5.32 Å². The Morgan fingerprint density at radius 2 is 2.00 bits per heavy atom. The highest BCUT2D eigenvalue weighted by Gasteiger charge is 2.12. The number of nitrogens with zero attached hydrogens (tertiary/aromatic N) is 2. The second kappa shape index (κ2) is 6.70. The molecule has 0 radical (unpaired) electrons. The lowest BCUT2D eigenvalue weighted by molar-refractivity contribution is 0.0937. The summed E-state index contributed by atoms with van der Waals surface area (Å²) in [5, 5.41) is 5.75. The fourth-order valence-electron chi connectivity index (χ4n) is 1.81. The third-order valence-electron chi connectivity index (χ3n) is 2.68. The average Bonchev–Trinajstić information content (AvgIpc) is 2.41. The van der Waals surface area contributed by atoms with Crippen LogP contribution < -0.4 is 10.6 Å². The quantitative estimate of drug-likeness (QED) is 0.904. The van der Waals surface area contributed by atoms with E-state index in [0.717, 1.165) is 0 Å². The van der Waals surface area contributed by atoms with E-state index in [1.807, 2.05) is 13.8 Å². The maximum absolute atomic E-state index is 13.2. The van der Waals surface area contributed by atoms with Crippen LogP contribution in [-0.4, -0.2) is 21.9 Å². The molecule has 116 valence electrons. The highest BCUT2D eigenvalue weighted by molar-refractivity contribution is 6.31. The minimum absolute atomic E-state index is 0.00792. The van der Waals surface area contributed by atoms with E-state index in [2.05, 4.69) is 20.6 Å². The number of amides is 1. The van der Waals surface area contributed by atoms with Crippen molar-refractivity contribution in [3.63, 3.8) is 0 Å². The van der Waals surface area contributed by atoms with Gasteiger partial charge >= 0.3 is 0 Å². The molecule has 1 aromatic carbocycles. The van der Waals surface area contributed by atoms with E-state index >= 15 is 0 Å². The van der Waals surface area contributed by atoms with Crippen molar-refractivity contribution in [1.82, 2.24) is 15.3 Å². The second-order valence-corrected chi connectivity index (χ2v) is 5.47. The average molecular weight is 323 g/mol. The van der Waals surface area contributed by atoms with Gasteiger partial charge in [-0.25, -0.2) is 14.4 Å². The molecule has 1 aromatic heterocycles. The zero-order valence-electron chi connectivity index (χ0n) is 12.4. The third kappa shape index (κ3) is 4.14. The highest BCUT2D eigenvalue weighted by Crippen LogP contribution is 2.22. The molecule has 1 amide bonds. The maximum Gasteiger partial charge on any atom is 0.270 e. The summed E-state index contributed by atoms with van der Waals surface area (Å²) in [5.41, 5.74) is 0.830. The Morgan fingerprint density at radius 1 is 1.27 bits per heavy atom. The molecule has 7 heteroatoms. The Labute approximate surface area is 132 Å². The van der Waals surface area contributed by atoms with Gasteiger partial charge in [-0.05, 0) is 39.0 Å². The molecular formula is C15H16ClFN4O. The van der Waals surface area contributed by atoms with Gasteiger partial charge in [-0.1, -0.05) is 11.6 Å². The first kappa shape index (κ1) is 16.2. The van der Waals surface area contributed by atoms with Crippen molar-refractivity contribution in [3.05, 3.63) is 46.6 Å². The van der Waals surface area contributed by atoms with E-state index in [1.165, 1.54) is 24.3 Å². The third-order valence-corrected chi connectivity index (χ3v) is 2.97. The maximum atomic E-state index is 13.2. The van der Waals surface area contributed by atoms with Gasteiger partial charge < -0.3 is 10.6 Å². The first-order valence-corrected chi connectivity index (χ1v) is 7.11. The zero-order chi connectivity index (χ0) is 16.3. The molecule has 2 rings (SSSR count). The number of anilines is 2. The summed E-state index contributed by atoms with van der Waals surface area (Å²) in [6.45, 7) is 5.42. The summed E-state index contributed by atoms with van der Waals surface area (Å²) in [6, 6.07) is 5.77. The molecule has 22 heavy (non-hydrogen) atoms. The first-order valence-electron chi connectivity index (χ1n) is 6.74. The van der Waals surface area contributed by atoms with Gasteiger partial charge in [0.1, 0.15) is 23.2 Å². The van der Waals surface area contributed by atoms with Crippen LogP contribution in [0.5, 0.6) is 0 Å². The SMILES string of the molecule is Cc1nc(Nc2ccc(F)c(Cl)c2)cc(C(=O)NC(C)C)n1. The van der Waals surface area contributed by atoms with Crippen molar-refractivity contribution in [2.24, 2.45) is 0 Å². The minimum Gasteiger partial charge on any atom is -0.349 e. The van der Waals surface area contributed by atoms with E-state index < -0.39 is 5.82 Å². The van der Waals surface area contributed by atoms with E-state index in [4.69, 9.17) is 11.6 Å². The molecular weight excluding hydrogens is 307 g/mol. The van der Waals surface area contributed by atoms with Gasteiger partial charge in [0, 0.05) is 17.8 Å². The van der Waals surface area contributed by atoms with Crippen molar-refractivity contribution in [2.45, 2.75) is 26.8 Å². The molecule has 0 atom stereocenters. The Kier molecular flexibility index (Phi) is 4.92. The molecule has 2 N–H and O–H groups in total. The van der Waals surface area contributed by atoms with E-state index in [9.17, 15) is 9.18 Å². The summed E-state index contributed by atoms with van der Waals surface area (Å²) in [5.74, 6) is 0.111. The molecule has 5 nitrogen and oxygen atoms in total. The second-order valence-electron chi connectivity index (χ2n) is 5.07. The number of carbonyl (C=O) groups is 1. The first-order chi connectivity index (χ1) is 10.3. The minimum atomic E-state index is -0.497. The number of aromatic nitrogens is 2. The van der Waals surface area contributed by atoms with Gasteiger partial charge in [0.05, 0.1) is 5.02 Å². The fraction of sp³-hybridized carbons (Fsp3) is 0.267. The van der Waals surface area contributed by atoms with Crippen molar-refractivity contribution in [3.8, 4) is 0 Å². The number of hydrogen-bond acceptors (Lipinski definition) is 4. The fourth-order valence-corrected chi connectivity index (χ4v) is 1.99. The molecule has 1 heterocycles. The van der Waals surface area contributed by atoms with Crippen LogP contribution in [0.1, 0.15) is 30.2 Å². The molecule has 0 aliphatic rings. The number of hydrogen-bond donors (Lipinski definition) is 2. The number of carbonyl (C=O) groups excluding carboxylic acids is 1. The Balaban J connectivity index is 2.26. The Morgan fingerprint density at radius 3 is 2.64 bits per heavy atom. The lowest BCUT2D eigenvalue weighted by atomic mass is 10.3. The summed E-state index contributed by atoms with van der Waals surface area (Å²) in [4.78, 5) is 20.3. The number of rotatable bonds is 4. The molecule has 0 aliphatic heterocycles. The Bertz CT molecular complexity index is 706. The molecule has 0 fully saturated rings. The van der Waals surface area contributed by atoms with Crippen LogP contribution in [-0.2, 0) is 0 Å². The summed E-state index contributed by atoms with van der Waals surface area (Å²) < 4.78 is 13.2. The largest absolute Gasteiger partial charge is 0.349 e. The molecule has 0 bridgehead atoms. The van der Waals surface area contributed by atoms with Crippen LogP contribution in [0.15, 0.2) is 24.3 Å². The lowest BCUT2D eigenvalue weighted by Gasteiger charge is -2.11. The number of halogens is 2. The van der Waals surface area contributed by atoms with Gasteiger partial charge in [0.25, 0.3) is 5.91 Å². The van der Waals surface area contributed by atoms with Gasteiger partial charge in [-0.15, -0.1) is 0 Å². The van der Waals surface area contributed by atoms with Gasteiger partial charge in [0.15, 0.2) is 0 Å². The highest BCUT2D eigenvalue weighted by atomic mass is 35.5. The van der Waals surface area contributed by atoms with Crippen LogP contribution in [0, 0.1) is 12.7 Å². The molecule has 0 saturated heterocycles. The van der Waals surface area contributed by atoms with Crippen LogP contribution in [0.3, 0.4) is 0 Å². The van der Waals surface area contributed by atoms with Crippen molar-refractivity contribution < 1.29 is 9.18 Å². The molecule has 0 saturated carbocycles. The van der Waals surface area contributed by atoms with E-state index in [1.54, 1.807) is 6.92 Å². The summed E-state index contributed by atoms with van der Waals surface area (Å²) in [7, 11) is 0. The Hall–Kier alpha value is -2.21. The van der Waals surface area contributed by atoms with Crippen LogP contribution >= 0.6 is 11.6 Å². The van der Waals surface area contributed by atoms with Crippen LogP contribution in [0.2, 0.25) is 5.02 Å². The van der Waals surface area contributed by atoms with Gasteiger partial charge in [-0.3, -0.25) is 4.79 Å². The number of nitrogens with one attached hydrogen (secondary N) is 2. The predicted molar refractivity (Wildman–Crippen MR) is 84.1 cm³/mol. The van der Waals surface area contributed by atoms with Gasteiger partial charge in [0.2, 0.25) is 0 Å². The lowest BCUT2D eigenvalue weighted by Crippen LogP contribution is -2.31. The monoisotopic (exact) mass is 322 g/mol. The van der Waals surface area contributed by atoms with E-state index in [0.29, 0.717) is 17.3 Å². The van der Waals surface area contributed by atoms with E-state index in [-0.39, 0.29) is 22.7 Å². The topological polar surface area (TPSA) is 66.9 Å². The van der Waals surface area contributed by atoms with Crippen molar-refractivity contribution >= 4 is 29.0 Å². The normalized spacial score (nSPS) is 10.6. The number of benzene rings is 1. The van der Waals surface area contributed by atoms with Crippen molar-refractivity contribution in [1.29, 1.82) is 0 Å². The predicted octanol–water partition coefficient (Wildman–Crippen LogP) is 3.46. The smallest absolute Gasteiger partial charge is 0.270 e. The summed E-state index contributed by atoms with van der Waals surface area (Å²) in [6.07, 6.45) is 0. The van der Waals surface area contributed by atoms with Crippen LogP contribution in [0.4, 0.5) is 15.9 Å². The standard InChI is InChI=1S/C15H16ClFN4O/c1-8(2)18-15(22)13-7-14(20-9(3)19-13)21-10-4-5-12(17)11(16)6-10/h4-8H,1-3H3,(H,18,22)(H,19,20,21). The number of aryl methyl sites for hydroxylation is 1. The molecule has 2 aromatic rings. The molecule has 0 aliphatic carbocycles. The molecule has 0 unspecified atom stereocenters. The zero-order valence-corrected chi connectivity index (χ0v) is 13.2. The van der Waals surface area contributed by atoms with Gasteiger partial charge in [-0.2, -0.15) is 0 Å².